The van der Waals surface area contributed by atoms with Gasteiger partial charge in [-0.3, -0.25) is 9.59 Å². The van der Waals surface area contributed by atoms with Gasteiger partial charge in [0.2, 0.25) is 5.78 Å². The second-order valence-electron chi connectivity index (χ2n) is 5.25. The van der Waals surface area contributed by atoms with Crippen LogP contribution in [0.4, 0.5) is 0 Å². The first kappa shape index (κ1) is 13.1. The average molecular weight is 289 g/mol. The van der Waals surface area contributed by atoms with Gasteiger partial charge in [-0.1, -0.05) is 0 Å². The number of hydrogen-bond donors (Lipinski definition) is 1. The van der Waals surface area contributed by atoms with Gasteiger partial charge in [0.1, 0.15) is 0 Å². The largest absolute Gasteiger partial charge is 0.481 e. The van der Waals surface area contributed by atoms with Crippen molar-refractivity contribution in [2.75, 3.05) is 0 Å². The topological polar surface area (TPSA) is 59.3 Å². The summed E-state index contributed by atoms with van der Waals surface area (Å²) in [5, 5.41) is 11.2. The summed E-state index contributed by atoms with van der Waals surface area (Å²) in [6.07, 6.45) is 0.564. The number of fused-ring (bicyclic) bond motifs is 1. The fraction of sp³-hybridized carbons (Fsp3) is 0.333. The molecule has 5 heteroatoms. The highest BCUT2D eigenvalue weighted by atomic mass is 32.1. The van der Waals surface area contributed by atoms with Gasteiger partial charge in [-0.2, -0.15) is 0 Å². The zero-order valence-electron chi connectivity index (χ0n) is 11.3. The number of carbonyl (C=O) groups excluding carboxylic acids is 1. The normalized spacial score (nSPS) is 17.2. The van der Waals surface area contributed by atoms with Crippen molar-refractivity contribution in [2.45, 2.75) is 32.7 Å². The Hall–Kier alpha value is -1.88. The van der Waals surface area contributed by atoms with E-state index < -0.39 is 11.9 Å². The van der Waals surface area contributed by atoms with Crippen LogP contribution in [0, 0.1) is 13.8 Å². The minimum absolute atomic E-state index is 0.00195. The minimum atomic E-state index is -0.813. The Balaban J connectivity index is 2.06. The number of carbonyl (C=O) groups is 2. The number of ketones is 1. The Morgan fingerprint density at radius 3 is 2.70 bits per heavy atom. The molecule has 3 heterocycles. The molecule has 1 aliphatic rings. The Morgan fingerprint density at radius 1 is 1.35 bits per heavy atom. The van der Waals surface area contributed by atoms with Crippen molar-refractivity contribution >= 4 is 23.1 Å². The van der Waals surface area contributed by atoms with E-state index >= 15 is 0 Å². The van der Waals surface area contributed by atoms with E-state index in [0.29, 0.717) is 23.5 Å². The Bertz CT molecular complexity index is 711. The maximum atomic E-state index is 12.6. The standard InChI is InChI=1S/C15H15NO3S/c1-8-5-12(20-7-8)14(17)13-9(2)6-11-10(15(18)19)3-4-16(11)13/h5-7,10H,3-4H2,1-2H3,(H,18,19). The molecule has 0 aromatic carbocycles. The van der Waals surface area contributed by atoms with Gasteiger partial charge < -0.3 is 9.67 Å². The van der Waals surface area contributed by atoms with Gasteiger partial charge in [0.15, 0.2) is 0 Å². The maximum absolute atomic E-state index is 12.6. The number of aromatic nitrogens is 1. The molecule has 0 amide bonds. The Morgan fingerprint density at radius 2 is 2.10 bits per heavy atom. The summed E-state index contributed by atoms with van der Waals surface area (Å²) < 4.78 is 1.88. The van der Waals surface area contributed by atoms with E-state index in [2.05, 4.69) is 0 Å². The molecule has 0 fully saturated rings. The van der Waals surface area contributed by atoms with E-state index in [1.165, 1.54) is 11.3 Å². The first-order valence-corrected chi connectivity index (χ1v) is 7.39. The molecule has 1 unspecified atom stereocenters. The molecule has 1 aliphatic heterocycles. The van der Waals surface area contributed by atoms with Gasteiger partial charge in [0.05, 0.1) is 16.5 Å². The predicted octanol–water partition coefficient (Wildman–Crippen LogP) is 2.97. The number of carboxylic acid groups (broad SMARTS) is 1. The summed E-state index contributed by atoms with van der Waals surface area (Å²) in [6.45, 7) is 4.44. The molecule has 0 saturated carbocycles. The lowest BCUT2D eigenvalue weighted by atomic mass is 10.0. The SMILES string of the molecule is Cc1csc(C(=O)c2c(C)cc3n2CCC3C(=O)O)c1. The van der Waals surface area contributed by atoms with Crippen molar-refractivity contribution in [2.24, 2.45) is 0 Å². The molecule has 0 aliphatic carbocycles. The number of aliphatic carboxylic acids is 1. The van der Waals surface area contributed by atoms with E-state index in [0.717, 1.165) is 16.8 Å². The molecule has 20 heavy (non-hydrogen) atoms. The highest BCUT2D eigenvalue weighted by Crippen LogP contribution is 2.34. The molecule has 104 valence electrons. The number of aryl methyl sites for hydroxylation is 2. The Labute approximate surface area is 120 Å². The number of nitrogens with zero attached hydrogens (tertiary/aromatic N) is 1. The van der Waals surface area contributed by atoms with Crippen LogP contribution in [0.5, 0.6) is 0 Å². The van der Waals surface area contributed by atoms with Crippen LogP contribution in [-0.4, -0.2) is 21.4 Å². The maximum Gasteiger partial charge on any atom is 0.312 e. The van der Waals surface area contributed by atoms with E-state index in [1.54, 1.807) is 0 Å². The molecular formula is C15H15NO3S. The second-order valence-corrected chi connectivity index (χ2v) is 6.16. The van der Waals surface area contributed by atoms with Crippen LogP contribution in [0.3, 0.4) is 0 Å². The molecule has 2 aromatic rings. The first-order chi connectivity index (χ1) is 9.49. The summed E-state index contributed by atoms with van der Waals surface area (Å²) in [5.41, 5.74) is 3.34. The van der Waals surface area contributed by atoms with Crippen LogP contribution < -0.4 is 0 Å². The molecule has 2 aromatic heterocycles. The van der Waals surface area contributed by atoms with Gasteiger partial charge in [-0.25, -0.2) is 0 Å². The smallest absolute Gasteiger partial charge is 0.312 e. The third-order valence-corrected chi connectivity index (χ3v) is 4.83. The van der Waals surface area contributed by atoms with Crippen LogP contribution in [-0.2, 0) is 11.3 Å². The van der Waals surface area contributed by atoms with Crippen molar-refractivity contribution in [1.82, 2.24) is 4.57 Å². The van der Waals surface area contributed by atoms with Crippen molar-refractivity contribution in [3.63, 3.8) is 0 Å². The predicted molar refractivity (Wildman–Crippen MR) is 76.7 cm³/mol. The second kappa shape index (κ2) is 4.59. The highest BCUT2D eigenvalue weighted by Gasteiger charge is 2.33. The van der Waals surface area contributed by atoms with Gasteiger partial charge >= 0.3 is 5.97 Å². The summed E-state index contributed by atoms with van der Waals surface area (Å²) in [5.74, 6) is -1.30. The van der Waals surface area contributed by atoms with E-state index in [9.17, 15) is 14.7 Å². The molecule has 0 saturated heterocycles. The highest BCUT2D eigenvalue weighted by molar-refractivity contribution is 7.12. The van der Waals surface area contributed by atoms with Crippen molar-refractivity contribution in [3.05, 3.63) is 44.9 Å². The van der Waals surface area contributed by atoms with Crippen molar-refractivity contribution in [3.8, 4) is 0 Å². The molecule has 3 rings (SSSR count). The molecule has 1 N–H and O–H groups in total. The number of rotatable bonds is 3. The summed E-state index contributed by atoms with van der Waals surface area (Å²) in [4.78, 5) is 24.6. The van der Waals surface area contributed by atoms with Crippen LogP contribution in [0.25, 0.3) is 0 Å². The zero-order chi connectivity index (χ0) is 14.4. The lowest BCUT2D eigenvalue weighted by Crippen LogP contribution is -2.09. The van der Waals surface area contributed by atoms with Crippen LogP contribution in [0.2, 0.25) is 0 Å². The molecule has 4 nitrogen and oxygen atoms in total. The van der Waals surface area contributed by atoms with Crippen molar-refractivity contribution < 1.29 is 14.7 Å². The third-order valence-electron chi connectivity index (χ3n) is 3.79. The number of thiophene rings is 1. The van der Waals surface area contributed by atoms with E-state index in [4.69, 9.17) is 0 Å². The van der Waals surface area contributed by atoms with Crippen molar-refractivity contribution in [1.29, 1.82) is 0 Å². The van der Waals surface area contributed by atoms with Crippen LogP contribution >= 0.6 is 11.3 Å². The fourth-order valence-corrected chi connectivity index (χ4v) is 3.70. The minimum Gasteiger partial charge on any atom is -0.481 e. The fourth-order valence-electron chi connectivity index (χ4n) is 2.86. The number of carboxylic acids is 1. The van der Waals surface area contributed by atoms with Crippen LogP contribution in [0.15, 0.2) is 17.5 Å². The molecule has 0 radical (unpaired) electrons. The Kier molecular flexibility index (Phi) is 3.01. The third kappa shape index (κ3) is 1.89. The monoisotopic (exact) mass is 289 g/mol. The number of hydrogen-bond acceptors (Lipinski definition) is 3. The summed E-state index contributed by atoms with van der Waals surface area (Å²) in [6, 6.07) is 3.73. The van der Waals surface area contributed by atoms with Gasteiger partial charge in [0, 0.05) is 12.2 Å². The van der Waals surface area contributed by atoms with E-state index in [1.807, 2.05) is 35.9 Å². The zero-order valence-corrected chi connectivity index (χ0v) is 12.2. The van der Waals surface area contributed by atoms with Crippen LogP contribution in [0.1, 0.15) is 44.5 Å². The molecule has 0 bridgehead atoms. The molecule has 0 spiro atoms. The van der Waals surface area contributed by atoms with Gasteiger partial charge in [-0.05, 0) is 48.9 Å². The summed E-state index contributed by atoms with van der Waals surface area (Å²) in [7, 11) is 0. The van der Waals surface area contributed by atoms with Gasteiger partial charge in [0.25, 0.3) is 0 Å². The quantitative estimate of drug-likeness (QED) is 0.884. The summed E-state index contributed by atoms with van der Waals surface area (Å²) >= 11 is 1.44. The first-order valence-electron chi connectivity index (χ1n) is 6.51. The molecular weight excluding hydrogens is 274 g/mol. The van der Waals surface area contributed by atoms with Gasteiger partial charge in [-0.15, -0.1) is 11.3 Å². The van der Waals surface area contributed by atoms with E-state index in [-0.39, 0.29) is 5.78 Å². The lowest BCUT2D eigenvalue weighted by molar-refractivity contribution is -0.138. The lowest BCUT2D eigenvalue weighted by Gasteiger charge is -2.05. The molecule has 1 atom stereocenters. The average Bonchev–Trinajstić information content (AvgIpc) is 3.02.